The molecule has 1 unspecified atom stereocenters. The summed E-state index contributed by atoms with van der Waals surface area (Å²) in [5, 5.41) is 13.5. The van der Waals surface area contributed by atoms with E-state index in [1.807, 2.05) is 54.6 Å². The number of piperidine rings is 2. The van der Waals surface area contributed by atoms with Gasteiger partial charge >= 0.3 is 0 Å². The lowest BCUT2D eigenvalue weighted by molar-refractivity contribution is -0.140. The number of sulfonamides is 1. The van der Waals surface area contributed by atoms with Crippen LogP contribution in [0.5, 0.6) is 0 Å². The summed E-state index contributed by atoms with van der Waals surface area (Å²) >= 11 is 1.44. The molecule has 2 aliphatic heterocycles. The third-order valence-corrected chi connectivity index (χ3v) is 10.7. The summed E-state index contributed by atoms with van der Waals surface area (Å²) in [7, 11) is -3.66. The van der Waals surface area contributed by atoms with Gasteiger partial charge in [-0.15, -0.1) is 11.3 Å². The van der Waals surface area contributed by atoms with Gasteiger partial charge in [0.05, 0.1) is 12.2 Å². The number of hydrogen-bond donors (Lipinski definition) is 1. The van der Waals surface area contributed by atoms with Crippen LogP contribution in [0.1, 0.15) is 37.7 Å². The first kappa shape index (κ1) is 26.3. The van der Waals surface area contributed by atoms with E-state index in [1.165, 1.54) is 11.3 Å². The third kappa shape index (κ3) is 5.91. The summed E-state index contributed by atoms with van der Waals surface area (Å²) in [5.74, 6) is -0.115. The Hall–Kier alpha value is -2.30. The van der Waals surface area contributed by atoms with Crippen molar-refractivity contribution in [3.8, 4) is 0 Å². The number of nitrogens with zero attached hydrogens (tertiary/aromatic N) is 2. The number of benzene rings is 2. The standard InChI is InChI=1S/C28H34N2O5S2/c31-27(29-16-13-28(32,14-17-29)18-22-8-2-1-3-9-22)20-35-19-23-10-6-7-15-30(23)37(33,34)26-21-36-25-12-5-4-11-24(25)26/h1-5,8-9,11-12,21,23,32H,6-7,10,13-20H2. The zero-order chi connectivity index (χ0) is 25.9. The molecule has 3 heterocycles. The van der Waals surface area contributed by atoms with Crippen molar-refractivity contribution in [2.45, 2.75) is 55.1 Å². The minimum Gasteiger partial charge on any atom is -0.389 e. The molecular formula is C28H34N2O5S2. The zero-order valence-electron chi connectivity index (χ0n) is 20.9. The van der Waals surface area contributed by atoms with Crippen LogP contribution in [-0.4, -0.2) is 73.1 Å². The fraction of sp³-hybridized carbons (Fsp3) is 0.464. The molecule has 5 rings (SSSR count). The summed E-state index contributed by atoms with van der Waals surface area (Å²) in [6.07, 6.45) is 4.10. The second kappa shape index (κ2) is 11.2. The summed E-state index contributed by atoms with van der Waals surface area (Å²) in [5.41, 5.74) is 0.289. The first-order chi connectivity index (χ1) is 17.9. The molecule has 0 saturated carbocycles. The van der Waals surface area contributed by atoms with Gasteiger partial charge in [0, 0.05) is 47.6 Å². The number of ether oxygens (including phenoxy) is 1. The van der Waals surface area contributed by atoms with Crippen molar-refractivity contribution in [3.63, 3.8) is 0 Å². The minimum atomic E-state index is -3.66. The predicted molar refractivity (Wildman–Crippen MR) is 145 cm³/mol. The van der Waals surface area contributed by atoms with Crippen molar-refractivity contribution in [2.75, 3.05) is 32.8 Å². The van der Waals surface area contributed by atoms with Crippen LogP contribution in [0.3, 0.4) is 0 Å². The van der Waals surface area contributed by atoms with E-state index >= 15 is 0 Å². The number of amides is 1. The van der Waals surface area contributed by atoms with Gasteiger partial charge in [-0.25, -0.2) is 8.42 Å². The number of thiophene rings is 1. The van der Waals surface area contributed by atoms with E-state index in [1.54, 1.807) is 14.6 Å². The molecule has 2 saturated heterocycles. The minimum absolute atomic E-state index is 0.0805. The third-order valence-electron chi connectivity index (χ3n) is 7.56. The molecule has 9 heteroatoms. The first-order valence-corrected chi connectivity index (χ1v) is 15.3. The molecule has 37 heavy (non-hydrogen) atoms. The van der Waals surface area contributed by atoms with Crippen LogP contribution >= 0.6 is 11.3 Å². The molecule has 1 N–H and O–H groups in total. The number of carbonyl (C=O) groups is 1. The van der Waals surface area contributed by atoms with Crippen LogP contribution in [0.15, 0.2) is 64.9 Å². The molecule has 198 valence electrons. The number of carbonyl (C=O) groups excluding carboxylic acids is 1. The lowest BCUT2D eigenvalue weighted by Crippen LogP contribution is -2.49. The lowest BCUT2D eigenvalue weighted by Gasteiger charge is -2.38. The molecule has 1 aromatic heterocycles. The van der Waals surface area contributed by atoms with Crippen molar-refractivity contribution >= 4 is 37.4 Å². The number of fused-ring (bicyclic) bond motifs is 1. The molecule has 2 aromatic carbocycles. The molecular weight excluding hydrogens is 508 g/mol. The monoisotopic (exact) mass is 542 g/mol. The second-order valence-electron chi connectivity index (χ2n) is 10.1. The molecule has 2 fully saturated rings. The molecule has 2 aliphatic rings. The van der Waals surface area contributed by atoms with Crippen LogP contribution < -0.4 is 0 Å². The average Bonchev–Trinajstić information content (AvgIpc) is 3.35. The van der Waals surface area contributed by atoms with Crippen LogP contribution in [0, 0.1) is 0 Å². The van der Waals surface area contributed by atoms with Crippen LogP contribution in [-0.2, 0) is 26.0 Å². The topological polar surface area (TPSA) is 87.2 Å². The molecule has 1 amide bonds. The highest BCUT2D eigenvalue weighted by atomic mass is 32.2. The highest BCUT2D eigenvalue weighted by Crippen LogP contribution is 2.34. The smallest absolute Gasteiger partial charge is 0.248 e. The quantitative estimate of drug-likeness (QED) is 0.464. The van der Waals surface area contributed by atoms with Crippen molar-refractivity contribution in [3.05, 3.63) is 65.5 Å². The second-order valence-corrected chi connectivity index (χ2v) is 12.9. The maximum Gasteiger partial charge on any atom is 0.248 e. The van der Waals surface area contributed by atoms with Crippen LogP contribution in [0.4, 0.5) is 0 Å². The van der Waals surface area contributed by atoms with Gasteiger partial charge in [0.15, 0.2) is 0 Å². The van der Waals surface area contributed by atoms with Gasteiger partial charge in [0.1, 0.15) is 11.5 Å². The van der Waals surface area contributed by atoms with E-state index in [9.17, 15) is 18.3 Å². The SMILES string of the molecule is O=C(COCC1CCCCN1S(=O)(=O)c1csc2ccccc12)N1CCC(O)(Cc2ccccc2)CC1. The van der Waals surface area contributed by atoms with Gasteiger partial charge < -0.3 is 14.7 Å². The van der Waals surface area contributed by atoms with E-state index in [4.69, 9.17) is 4.74 Å². The molecule has 3 aromatic rings. The Kier molecular flexibility index (Phi) is 7.97. The van der Waals surface area contributed by atoms with Crippen LogP contribution in [0.25, 0.3) is 10.1 Å². The molecule has 1 atom stereocenters. The van der Waals surface area contributed by atoms with E-state index in [0.717, 1.165) is 28.5 Å². The number of hydrogen-bond acceptors (Lipinski definition) is 6. The highest BCUT2D eigenvalue weighted by Gasteiger charge is 2.36. The van der Waals surface area contributed by atoms with Crippen molar-refractivity contribution in [2.24, 2.45) is 0 Å². The lowest BCUT2D eigenvalue weighted by atomic mass is 9.85. The largest absolute Gasteiger partial charge is 0.389 e. The van der Waals surface area contributed by atoms with E-state index in [-0.39, 0.29) is 25.2 Å². The van der Waals surface area contributed by atoms with Crippen molar-refractivity contribution in [1.82, 2.24) is 9.21 Å². The Bertz CT molecular complexity index is 1320. The maximum atomic E-state index is 13.6. The van der Waals surface area contributed by atoms with Crippen molar-refractivity contribution in [1.29, 1.82) is 0 Å². The van der Waals surface area contributed by atoms with E-state index < -0.39 is 15.6 Å². The summed E-state index contributed by atoms with van der Waals surface area (Å²) < 4.78 is 35.5. The fourth-order valence-electron chi connectivity index (χ4n) is 5.44. The number of likely N-dealkylation sites (tertiary alicyclic amines) is 1. The van der Waals surface area contributed by atoms with Gasteiger partial charge in [-0.2, -0.15) is 4.31 Å². The summed E-state index contributed by atoms with van der Waals surface area (Å²) in [6, 6.07) is 17.2. The predicted octanol–water partition coefficient (Wildman–Crippen LogP) is 4.06. The van der Waals surface area contributed by atoms with Gasteiger partial charge in [0.2, 0.25) is 15.9 Å². The first-order valence-electron chi connectivity index (χ1n) is 13.0. The summed E-state index contributed by atoms with van der Waals surface area (Å²) in [4.78, 5) is 14.9. The molecule has 0 aliphatic carbocycles. The van der Waals surface area contributed by atoms with Crippen molar-refractivity contribution < 1.29 is 23.1 Å². The molecule has 0 spiro atoms. The molecule has 0 bridgehead atoms. The van der Waals surface area contributed by atoms with Gasteiger partial charge in [-0.05, 0) is 37.3 Å². The van der Waals surface area contributed by atoms with Crippen LogP contribution in [0.2, 0.25) is 0 Å². The van der Waals surface area contributed by atoms with E-state index in [2.05, 4.69) is 0 Å². The van der Waals surface area contributed by atoms with Gasteiger partial charge in [0.25, 0.3) is 0 Å². The van der Waals surface area contributed by atoms with E-state index in [0.29, 0.717) is 50.2 Å². The Morgan fingerprint density at radius 2 is 1.76 bits per heavy atom. The Morgan fingerprint density at radius 3 is 2.54 bits per heavy atom. The molecule has 0 radical (unpaired) electrons. The Morgan fingerprint density at radius 1 is 1.03 bits per heavy atom. The number of aliphatic hydroxyl groups is 1. The zero-order valence-corrected chi connectivity index (χ0v) is 22.6. The Balaban J connectivity index is 1.15. The van der Waals surface area contributed by atoms with Gasteiger partial charge in [-0.3, -0.25) is 4.79 Å². The average molecular weight is 543 g/mol. The molecule has 7 nitrogen and oxygen atoms in total. The maximum absolute atomic E-state index is 13.6. The highest BCUT2D eigenvalue weighted by molar-refractivity contribution is 7.89. The van der Waals surface area contributed by atoms with Gasteiger partial charge in [-0.1, -0.05) is 55.0 Å². The fourth-order valence-corrected chi connectivity index (χ4v) is 8.59. The normalized spacial score (nSPS) is 20.8. The summed E-state index contributed by atoms with van der Waals surface area (Å²) in [6.45, 7) is 1.55. The number of rotatable bonds is 8. The Labute approximate surface area is 222 Å².